The first-order valence-corrected chi connectivity index (χ1v) is 6.30. The van der Waals surface area contributed by atoms with Crippen LogP contribution < -0.4 is 0 Å². The van der Waals surface area contributed by atoms with Gasteiger partial charge in [0.15, 0.2) is 11.4 Å². The number of ether oxygens (including phenoxy) is 1. The predicted molar refractivity (Wildman–Crippen MR) is 61.5 cm³/mol. The zero-order valence-electron chi connectivity index (χ0n) is 9.21. The van der Waals surface area contributed by atoms with Crippen LogP contribution in [0.3, 0.4) is 0 Å². The van der Waals surface area contributed by atoms with Crippen LogP contribution in [0.2, 0.25) is 0 Å². The van der Waals surface area contributed by atoms with Gasteiger partial charge in [0.05, 0.1) is 0 Å². The van der Waals surface area contributed by atoms with Gasteiger partial charge >= 0.3 is 17.6 Å². The number of halogens is 1. The highest BCUT2D eigenvalue weighted by atomic mass is 35.5. The summed E-state index contributed by atoms with van der Waals surface area (Å²) in [5.41, 5.74) is 8.77. The molecule has 0 bridgehead atoms. The fourth-order valence-electron chi connectivity index (χ4n) is 2.08. The zero-order chi connectivity index (χ0) is 12.8. The van der Waals surface area contributed by atoms with E-state index < -0.39 is 22.7 Å². The monoisotopic (exact) mass is 275 g/mol. The van der Waals surface area contributed by atoms with Crippen molar-refractivity contribution in [3.05, 3.63) is 5.53 Å². The van der Waals surface area contributed by atoms with Crippen LogP contribution >= 0.6 is 23.4 Å². The van der Waals surface area contributed by atoms with E-state index in [9.17, 15) is 9.59 Å². The Bertz CT molecular complexity index is 447. The van der Waals surface area contributed by atoms with Crippen molar-refractivity contribution in [1.82, 2.24) is 4.90 Å². The second kappa shape index (κ2) is 4.01. The molecule has 1 amide bonds. The van der Waals surface area contributed by atoms with Gasteiger partial charge in [0, 0.05) is 4.75 Å². The van der Waals surface area contributed by atoms with Crippen LogP contribution in [-0.2, 0) is 14.3 Å². The molecule has 2 rings (SSSR count). The quantitative estimate of drug-likeness (QED) is 0.241. The summed E-state index contributed by atoms with van der Waals surface area (Å²) in [6.45, 7) is 3.66. The van der Waals surface area contributed by atoms with Crippen molar-refractivity contribution in [3.8, 4) is 0 Å². The van der Waals surface area contributed by atoms with E-state index in [4.69, 9.17) is 21.9 Å². The van der Waals surface area contributed by atoms with E-state index in [2.05, 4.69) is 4.79 Å². The van der Waals surface area contributed by atoms with Crippen LogP contribution in [0.5, 0.6) is 0 Å². The van der Waals surface area contributed by atoms with Crippen LogP contribution in [0.1, 0.15) is 13.8 Å². The van der Waals surface area contributed by atoms with Crippen molar-refractivity contribution in [1.29, 1.82) is 0 Å². The van der Waals surface area contributed by atoms with Gasteiger partial charge in [-0.25, -0.2) is 4.79 Å². The normalized spacial score (nSPS) is 29.5. The lowest BCUT2D eigenvalue weighted by Gasteiger charge is -2.33. The number of alkyl halides is 1. The molecule has 0 radical (unpaired) electrons. The molecule has 0 saturated carbocycles. The Hall–Kier alpha value is -1.04. The number of nitrogens with zero attached hydrogens (tertiary/aromatic N) is 3. The maximum absolute atomic E-state index is 11.8. The number of thioether (sulfide) groups is 1. The van der Waals surface area contributed by atoms with Crippen molar-refractivity contribution in [3.63, 3.8) is 0 Å². The molecule has 2 saturated heterocycles. The first-order chi connectivity index (χ1) is 7.94. The first kappa shape index (κ1) is 12.4. The molecule has 0 aliphatic carbocycles. The topological polar surface area (TPSA) is 83.0 Å². The summed E-state index contributed by atoms with van der Waals surface area (Å²) in [4.78, 5) is 27.8. The molecule has 92 valence electrons. The van der Waals surface area contributed by atoms with E-state index >= 15 is 0 Å². The average molecular weight is 276 g/mol. The van der Waals surface area contributed by atoms with Crippen molar-refractivity contribution in [2.75, 3.05) is 6.07 Å². The standard InChI is InChI=1S/C9H10ClN3O3S/c1-9(2)5(8(15)16-3-10)13-6(14)4(12-11)7(13)17-9/h5,7H,3H2,1-2H3/t5-,7+/m0/s1. The van der Waals surface area contributed by atoms with Gasteiger partial charge in [0.25, 0.3) is 0 Å². The molecule has 2 heterocycles. The van der Waals surface area contributed by atoms with E-state index in [0.29, 0.717) is 0 Å². The molecule has 0 aromatic heterocycles. The number of β-lactam (4-membered cyclic amide) rings is 1. The lowest BCUT2D eigenvalue weighted by Crippen LogP contribution is -2.63. The van der Waals surface area contributed by atoms with Crippen LogP contribution in [0.25, 0.3) is 5.53 Å². The highest BCUT2D eigenvalue weighted by Gasteiger charge is 2.67. The molecule has 0 spiro atoms. The van der Waals surface area contributed by atoms with Crippen LogP contribution in [-0.4, -0.2) is 49.5 Å². The minimum absolute atomic E-state index is 0.0734. The molecule has 0 N–H and O–H groups in total. The number of carbonyl (C=O) groups excluding carboxylic acids is 2. The smallest absolute Gasteiger partial charge is 0.388 e. The SMILES string of the molecule is CC1(C)S[C@@H]2C(=[N+]=[N-])C(=O)N2[C@H]1C(=O)OCCl. The highest BCUT2D eigenvalue weighted by molar-refractivity contribution is 8.02. The number of amides is 1. The number of rotatable bonds is 2. The van der Waals surface area contributed by atoms with Gasteiger partial charge < -0.3 is 10.3 Å². The molecule has 2 fully saturated rings. The van der Waals surface area contributed by atoms with Crippen LogP contribution in [0.4, 0.5) is 0 Å². The molecule has 2 aliphatic rings. The maximum Gasteiger partial charge on any atom is 0.388 e. The van der Waals surface area contributed by atoms with Crippen molar-refractivity contribution >= 4 is 41.0 Å². The molecule has 6 nitrogen and oxygen atoms in total. The molecule has 17 heavy (non-hydrogen) atoms. The van der Waals surface area contributed by atoms with Crippen LogP contribution in [0, 0.1) is 0 Å². The predicted octanol–water partition coefficient (Wildman–Crippen LogP) is 0.459. The summed E-state index contributed by atoms with van der Waals surface area (Å²) < 4.78 is 4.24. The van der Waals surface area contributed by atoms with Gasteiger partial charge in [-0.1, -0.05) is 11.6 Å². The average Bonchev–Trinajstić information content (AvgIpc) is 2.48. The lowest BCUT2D eigenvalue weighted by molar-refractivity contribution is -0.156. The van der Waals surface area contributed by atoms with E-state index in [-0.39, 0.29) is 17.2 Å². The van der Waals surface area contributed by atoms with Crippen molar-refractivity contribution < 1.29 is 19.1 Å². The van der Waals surface area contributed by atoms with E-state index in [1.165, 1.54) is 16.7 Å². The highest BCUT2D eigenvalue weighted by Crippen LogP contribution is 2.49. The van der Waals surface area contributed by atoms with Gasteiger partial charge in [0.2, 0.25) is 0 Å². The zero-order valence-corrected chi connectivity index (χ0v) is 10.8. The van der Waals surface area contributed by atoms with Gasteiger partial charge in [-0.2, -0.15) is 4.79 Å². The first-order valence-electron chi connectivity index (χ1n) is 4.89. The minimum atomic E-state index is -0.700. The summed E-state index contributed by atoms with van der Waals surface area (Å²) in [6, 6.07) is -0.946. The molecule has 2 aliphatic heterocycles. The molecular formula is C9H10ClN3O3S. The number of carbonyl (C=O) groups is 2. The number of fused-ring (bicyclic) bond motifs is 1. The molecule has 0 aromatic carbocycles. The number of hydrogen-bond acceptors (Lipinski definition) is 4. The maximum atomic E-state index is 11.8. The summed E-state index contributed by atoms with van der Waals surface area (Å²) in [5.74, 6) is -0.975. The largest absolute Gasteiger partial charge is 0.448 e. The van der Waals surface area contributed by atoms with Crippen LogP contribution in [0.15, 0.2) is 0 Å². The fraction of sp³-hybridized carbons (Fsp3) is 0.667. The Balaban J connectivity index is 2.30. The molecule has 0 aromatic rings. The van der Waals surface area contributed by atoms with Gasteiger partial charge in [-0.05, 0) is 13.8 Å². The Kier molecular flexibility index (Phi) is 2.93. The summed E-state index contributed by atoms with van der Waals surface area (Å²) >= 11 is 6.73. The van der Waals surface area contributed by atoms with Gasteiger partial charge in [-0.3, -0.25) is 9.69 Å². The Labute approximate surface area is 107 Å². The second-order valence-electron chi connectivity index (χ2n) is 4.25. The molecule has 2 atom stereocenters. The van der Waals surface area contributed by atoms with E-state index in [1.54, 1.807) is 0 Å². The second-order valence-corrected chi connectivity index (χ2v) is 6.20. The third-order valence-corrected chi connectivity index (χ3v) is 4.43. The van der Waals surface area contributed by atoms with Crippen molar-refractivity contribution in [2.24, 2.45) is 0 Å². The van der Waals surface area contributed by atoms with E-state index in [1.807, 2.05) is 13.8 Å². The minimum Gasteiger partial charge on any atom is -0.448 e. The third-order valence-electron chi connectivity index (χ3n) is 2.82. The third kappa shape index (κ3) is 1.66. The Morgan fingerprint density at radius 1 is 1.71 bits per heavy atom. The molecular weight excluding hydrogens is 266 g/mol. The summed E-state index contributed by atoms with van der Waals surface area (Å²) in [5, 5.41) is -0.379. The lowest BCUT2D eigenvalue weighted by atomic mass is 9.97. The number of hydrogen-bond donors (Lipinski definition) is 0. The summed E-state index contributed by atoms with van der Waals surface area (Å²) in [7, 11) is 0. The Morgan fingerprint density at radius 2 is 2.35 bits per heavy atom. The Morgan fingerprint density at radius 3 is 2.88 bits per heavy atom. The van der Waals surface area contributed by atoms with E-state index in [0.717, 1.165) is 0 Å². The number of esters is 1. The van der Waals surface area contributed by atoms with Gasteiger partial charge in [0.1, 0.15) is 6.04 Å². The fourth-order valence-corrected chi connectivity index (χ4v) is 3.70. The van der Waals surface area contributed by atoms with Crippen molar-refractivity contribution in [2.45, 2.75) is 30.0 Å². The molecule has 8 heteroatoms. The summed E-state index contributed by atoms with van der Waals surface area (Å²) in [6.07, 6.45) is 0. The van der Waals surface area contributed by atoms with Gasteiger partial charge in [-0.15, -0.1) is 11.8 Å². The molecule has 0 unspecified atom stereocenters.